The van der Waals surface area contributed by atoms with E-state index in [4.69, 9.17) is 0 Å². The van der Waals surface area contributed by atoms with Crippen molar-refractivity contribution in [3.63, 3.8) is 0 Å². The third-order valence-electron chi connectivity index (χ3n) is 5.23. The number of rotatable bonds is 7. The van der Waals surface area contributed by atoms with E-state index in [1.807, 2.05) is 12.1 Å². The first-order valence-corrected chi connectivity index (χ1v) is 11.0. The van der Waals surface area contributed by atoms with Crippen LogP contribution in [0.1, 0.15) is 54.4 Å². The fraction of sp³-hybridized carbons (Fsp3) is 0.381. The summed E-state index contributed by atoms with van der Waals surface area (Å²) in [6.07, 6.45) is 6.53. The Morgan fingerprint density at radius 2 is 1.61 bits per heavy atom. The Morgan fingerprint density at radius 1 is 0.964 bits per heavy atom. The van der Waals surface area contributed by atoms with Crippen molar-refractivity contribution < 1.29 is 18.3 Å². The first-order chi connectivity index (χ1) is 13.4. The molecule has 3 N–H and O–H groups in total. The van der Waals surface area contributed by atoms with E-state index in [-0.39, 0.29) is 4.90 Å². The molecule has 2 aromatic carbocycles. The summed E-state index contributed by atoms with van der Waals surface area (Å²) in [6.45, 7) is 0. The van der Waals surface area contributed by atoms with Gasteiger partial charge in [-0.3, -0.25) is 10.2 Å². The number of carbonyl (C=O) groups excluding carboxylic acids is 1. The van der Waals surface area contributed by atoms with Crippen LogP contribution >= 0.6 is 0 Å². The maximum absolute atomic E-state index is 12.2. The van der Waals surface area contributed by atoms with Crippen LogP contribution in [0.5, 0.6) is 0 Å². The zero-order valence-corrected chi connectivity index (χ0v) is 16.5. The molecule has 6 nitrogen and oxygen atoms in total. The summed E-state index contributed by atoms with van der Waals surface area (Å²) in [4.78, 5) is 14.4. The van der Waals surface area contributed by atoms with E-state index in [2.05, 4.69) is 10.3 Å². The van der Waals surface area contributed by atoms with Gasteiger partial charge in [-0.1, -0.05) is 49.6 Å². The third-order valence-corrected chi connectivity index (χ3v) is 6.50. The predicted molar refractivity (Wildman–Crippen MR) is 107 cm³/mol. The fourth-order valence-corrected chi connectivity index (χ4v) is 4.36. The molecule has 3 rings (SSSR count). The van der Waals surface area contributed by atoms with E-state index >= 15 is 0 Å². The lowest BCUT2D eigenvalue weighted by molar-refractivity contribution is -0.00342. The summed E-state index contributed by atoms with van der Waals surface area (Å²) in [6, 6.07) is 14.8. The summed E-state index contributed by atoms with van der Waals surface area (Å²) in [5, 5.41) is 10.6. The van der Waals surface area contributed by atoms with E-state index in [9.17, 15) is 18.3 Å². The van der Waals surface area contributed by atoms with E-state index in [1.54, 1.807) is 30.3 Å². The molecule has 0 bridgehead atoms. The van der Waals surface area contributed by atoms with Crippen LogP contribution in [0.25, 0.3) is 0 Å². The number of hydrogen-bond donors (Lipinski definition) is 3. The Bertz CT molecular complexity index is 890. The van der Waals surface area contributed by atoms with Crippen LogP contribution in [0.4, 0.5) is 0 Å². The van der Waals surface area contributed by atoms with Crippen LogP contribution in [0.3, 0.4) is 0 Å². The van der Waals surface area contributed by atoms with Crippen molar-refractivity contribution in [2.24, 2.45) is 0 Å². The van der Waals surface area contributed by atoms with Crippen molar-refractivity contribution in [2.45, 2.75) is 55.4 Å². The molecular weight excluding hydrogens is 376 g/mol. The van der Waals surface area contributed by atoms with Gasteiger partial charge in [0, 0.05) is 5.56 Å². The van der Waals surface area contributed by atoms with Gasteiger partial charge >= 0.3 is 0 Å². The minimum Gasteiger partial charge on any atom is -0.390 e. The Hall–Kier alpha value is -2.22. The molecule has 150 valence electrons. The fourth-order valence-electron chi connectivity index (χ4n) is 3.50. The zero-order chi connectivity index (χ0) is 20.0. The number of aliphatic hydroxyl groups is 1. The maximum Gasteiger partial charge on any atom is 0.266 e. The summed E-state index contributed by atoms with van der Waals surface area (Å²) >= 11 is 0. The van der Waals surface area contributed by atoms with Crippen molar-refractivity contribution in [3.8, 4) is 0 Å². The van der Waals surface area contributed by atoms with Crippen molar-refractivity contribution >= 4 is 15.9 Å². The molecule has 0 saturated heterocycles. The standard InChI is InChI=1S/C21H26N2O4S/c24-20(22-23-28(26,27)19-7-3-1-4-8-19)18-11-9-17(10-12-18)13-16-21(25)14-5-2-6-15-21/h1,3-4,7-12,23,25H,2,5-6,13-16H2,(H,22,24). The van der Waals surface area contributed by atoms with Crippen molar-refractivity contribution in [2.75, 3.05) is 0 Å². The van der Waals surface area contributed by atoms with Gasteiger partial charge in [0.2, 0.25) is 0 Å². The Balaban J connectivity index is 1.53. The maximum atomic E-state index is 12.2. The van der Waals surface area contributed by atoms with Gasteiger partial charge in [-0.2, -0.15) is 0 Å². The van der Waals surface area contributed by atoms with Crippen molar-refractivity contribution in [3.05, 3.63) is 65.7 Å². The van der Waals surface area contributed by atoms with Crippen molar-refractivity contribution in [1.82, 2.24) is 10.3 Å². The largest absolute Gasteiger partial charge is 0.390 e. The highest BCUT2D eigenvalue weighted by atomic mass is 32.2. The second-order valence-corrected chi connectivity index (χ2v) is 9.04. The first kappa shape index (κ1) is 20.5. The number of carbonyl (C=O) groups is 1. The second-order valence-electron chi connectivity index (χ2n) is 7.35. The third kappa shape index (κ3) is 5.41. The summed E-state index contributed by atoms with van der Waals surface area (Å²) < 4.78 is 24.3. The average molecular weight is 403 g/mol. The van der Waals surface area contributed by atoms with Crippen LogP contribution in [-0.4, -0.2) is 25.0 Å². The van der Waals surface area contributed by atoms with Gasteiger partial charge in [0.05, 0.1) is 10.5 Å². The van der Waals surface area contributed by atoms with Crippen LogP contribution < -0.4 is 10.3 Å². The van der Waals surface area contributed by atoms with Gasteiger partial charge in [0.15, 0.2) is 0 Å². The number of aryl methyl sites for hydroxylation is 1. The number of benzene rings is 2. The molecule has 1 saturated carbocycles. The predicted octanol–water partition coefficient (Wildman–Crippen LogP) is 2.94. The van der Waals surface area contributed by atoms with Gasteiger partial charge in [-0.05, 0) is 55.5 Å². The SMILES string of the molecule is O=C(NNS(=O)(=O)c1ccccc1)c1ccc(CCC2(O)CCCCC2)cc1. The molecule has 1 amide bonds. The zero-order valence-electron chi connectivity index (χ0n) is 15.7. The minimum absolute atomic E-state index is 0.0753. The highest BCUT2D eigenvalue weighted by Crippen LogP contribution is 2.31. The quantitative estimate of drug-likeness (QED) is 0.621. The van der Waals surface area contributed by atoms with Gasteiger partial charge < -0.3 is 5.11 Å². The molecule has 0 aromatic heterocycles. The molecule has 28 heavy (non-hydrogen) atoms. The average Bonchev–Trinajstić information content (AvgIpc) is 2.72. The molecule has 2 aromatic rings. The summed E-state index contributed by atoms with van der Waals surface area (Å²) in [7, 11) is -3.81. The number of hydrogen-bond acceptors (Lipinski definition) is 4. The molecule has 0 aliphatic heterocycles. The second kappa shape index (κ2) is 8.86. The topological polar surface area (TPSA) is 95.5 Å². The normalized spacial score (nSPS) is 16.5. The molecule has 0 radical (unpaired) electrons. The minimum atomic E-state index is -3.81. The van der Waals surface area contributed by atoms with E-state index in [0.717, 1.165) is 44.1 Å². The Labute approximate surface area is 166 Å². The van der Waals surface area contributed by atoms with E-state index < -0.39 is 21.5 Å². The van der Waals surface area contributed by atoms with Crippen LogP contribution in [0, 0.1) is 0 Å². The highest BCUT2D eigenvalue weighted by molar-refractivity contribution is 7.89. The number of hydrazine groups is 1. The van der Waals surface area contributed by atoms with Gasteiger partial charge in [-0.25, -0.2) is 8.42 Å². The molecule has 1 fully saturated rings. The van der Waals surface area contributed by atoms with Gasteiger partial charge in [0.1, 0.15) is 0 Å². The van der Waals surface area contributed by atoms with Gasteiger partial charge in [0.25, 0.3) is 15.9 Å². The molecule has 0 heterocycles. The number of sulfonamides is 1. The van der Waals surface area contributed by atoms with E-state index in [1.165, 1.54) is 18.6 Å². The summed E-state index contributed by atoms with van der Waals surface area (Å²) in [5.41, 5.74) is 3.06. The molecule has 1 aliphatic carbocycles. The molecule has 7 heteroatoms. The smallest absolute Gasteiger partial charge is 0.266 e. The monoisotopic (exact) mass is 402 g/mol. The molecule has 0 atom stereocenters. The van der Waals surface area contributed by atoms with Crippen molar-refractivity contribution in [1.29, 1.82) is 0 Å². The van der Waals surface area contributed by atoms with E-state index in [0.29, 0.717) is 5.56 Å². The Morgan fingerprint density at radius 3 is 2.25 bits per heavy atom. The lowest BCUT2D eigenvalue weighted by Gasteiger charge is -2.32. The van der Waals surface area contributed by atoms with Crippen LogP contribution in [-0.2, 0) is 16.4 Å². The molecule has 0 spiro atoms. The highest BCUT2D eigenvalue weighted by Gasteiger charge is 2.28. The molecule has 1 aliphatic rings. The number of nitrogens with one attached hydrogen (secondary N) is 2. The lowest BCUT2D eigenvalue weighted by Crippen LogP contribution is -2.41. The first-order valence-electron chi connectivity index (χ1n) is 9.57. The number of amides is 1. The molecule has 0 unspecified atom stereocenters. The lowest BCUT2D eigenvalue weighted by atomic mass is 9.81. The summed E-state index contributed by atoms with van der Waals surface area (Å²) in [5.74, 6) is -0.531. The van der Waals surface area contributed by atoms with Crippen LogP contribution in [0.2, 0.25) is 0 Å². The van der Waals surface area contributed by atoms with Gasteiger partial charge in [-0.15, -0.1) is 4.83 Å². The Kier molecular flexibility index (Phi) is 6.49. The van der Waals surface area contributed by atoms with Crippen LogP contribution in [0.15, 0.2) is 59.5 Å². The molecular formula is C21H26N2O4S.